The van der Waals surface area contributed by atoms with Crippen molar-refractivity contribution in [1.29, 1.82) is 0 Å². The van der Waals surface area contributed by atoms with Crippen LogP contribution in [0.3, 0.4) is 0 Å². The second-order valence-electron chi connectivity index (χ2n) is 4.96. The molecule has 2 rings (SSSR count). The van der Waals surface area contributed by atoms with Crippen molar-refractivity contribution in [1.82, 2.24) is 15.1 Å². The van der Waals surface area contributed by atoms with Gasteiger partial charge in [0.1, 0.15) is 0 Å². The lowest BCUT2D eigenvalue weighted by Gasteiger charge is -2.31. The Hall–Kier alpha value is -0.160. The van der Waals surface area contributed by atoms with Crippen LogP contribution in [0, 0.1) is 6.54 Å². The van der Waals surface area contributed by atoms with Crippen molar-refractivity contribution in [2.45, 2.75) is 25.3 Å². The van der Waals surface area contributed by atoms with E-state index in [1.54, 1.807) is 0 Å². The van der Waals surface area contributed by atoms with E-state index in [2.05, 4.69) is 21.7 Å². The molecule has 2 heterocycles. The van der Waals surface area contributed by atoms with Gasteiger partial charge in [-0.3, -0.25) is 4.90 Å². The highest BCUT2D eigenvalue weighted by Crippen LogP contribution is 2.10. The quantitative estimate of drug-likeness (QED) is 0.702. The minimum absolute atomic E-state index is 0.437. The van der Waals surface area contributed by atoms with E-state index in [0.29, 0.717) is 6.04 Å². The summed E-state index contributed by atoms with van der Waals surface area (Å²) in [6.45, 7) is 10.5. The van der Waals surface area contributed by atoms with Crippen LogP contribution in [-0.2, 0) is 0 Å². The Labute approximate surface area is 99.2 Å². The van der Waals surface area contributed by atoms with Gasteiger partial charge in [0, 0.05) is 45.3 Å². The Morgan fingerprint density at radius 1 is 1.12 bits per heavy atom. The third-order valence-corrected chi connectivity index (χ3v) is 3.60. The zero-order valence-electron chi connectivity index (χ0n) is 10.2. The monoisotopic (exact) mass is 225 g/mol. The zero-order chi connectivity index (χ0) is 11.2. The molecule has 0 aromatic heterocycles. The van der Waals surface area contributed by atoms with Gasteiger partial charge in [0.25, 0.3) is 0 Å². The molecule has 0 atom stereocenters. The third-order valence-electron chi connectivity index (χ3n) is 3.60. The third kappa shape index (κ3) is 4.01. The number of piperidine rings is 1. The number of nitrogens with zero attached hydrogens (tertiary/aromatic N) is 2. The van der Waals surface area contributed by atoms with E-state index < -0.39 is 0 Å². The van der Waals surface area contributed by atoms with Crippen LogP contribution in [0.15, 0.2) is 0 Å². The second kappa shape index (κ2) is 6.55. The fourth-order valence-corrected chi connectivity index (χ4v) is 2.42. The van der Waals surface area contributed by atoms with Gasteiger partial charge in [0.15, 0.2) is 0 Å². The van der Waals surface area contributed by atoms with Crippen molar-refractivity contribution in [3.63, 3.8) is 0 Å². The maximum atomic E-state index is 5.90. The predicted molar refractivity (Wildman–Crippen MR) is 67.0 cm³/mol. The first-order chi connectivity index (χ1) is 7.84. The molecule has 0 unspecified atom stereocenters. The second-order valence-corrected chi connectivity index (χ2v) is 4.96. The number of nitrogens with two attached hydrogens (primary N) is 1. The molecular formula is C12H25N4. The molecule has 3 N–H and O–H groups in total. The van der Waals surface area contributed by atoms with Crippen molar-refractivity contribution in [2.75, 3.05) is 45.8 Å². The van der Waals surface area contributed by atoms with Crippen LogP contribution in [0.1, 0.15) is 19.3 Å². The van der Waals surface area contributed by atoms with E-state index in [0.717, 1.165) is 39.0 Å². The van der Waals surface area contributed by atoms with Crippen LogP contribution in [0.4, 0.5) is 0 Å². The summed E-state index contributed by atoms with van der Waals surface area (Å²) in [5, 5.41) is 3.44. The standard InChI is InChI=1S/C12H25N4/c13-12-2-7-16(8-3-12)11-10-15-6-1-4-14-5-9-15/h11-12,14H,1-10,13H2. The molecule has 2 aliphatic heterocycles. The van der Waals surface area contributed by atoms with E-state index in [1.807, 2.05) is 0 Å². The Morgan fingerprint density at radius 3 is 2.75 bits per heavy atom. The summed E-state index contributed by atoms with van der Waals surface area (Å²) in [6, 6.07) is 0.437. The highest BCUT2D eigenvalue weighted by atomic mass is 15.2. The maximum Gasteiger partial charge on any atom is 0.0391 e. The van der Waals surface area contributed by atoms with E-state index in [-0.39, 0.29) is 0 Å². The van der Waals surface area contributed by atoms with E-state index in [1.165, 1.54) is 26.1 Å². The van der Waals surface area contributed by atoms with E-state index in [4.69, 9.17) is 5.73 Å². The lowest BCUT2D eigenvalue weighted by atomic mass is 10.1. The molecule has 16 heavy (non-hydrogen) atoms. The van der Waals surface area contributed by atoms with Gasteiger partial charge in [-0.05, 0) is 32.4 Å². The molecule has 0 saturated carbocycles. The molecule has 2 fully saturated rings. The molecule has 4 nitrogen and oxygen atoms in total. The molecule has 93 valence electrons. The van der Waals surface area contributed by atoms with Gasteiger partial charge in [-0.25, -0.2) is 0 Å². The summed E-state index contributed by atoms with van der Waals surface area (Å²) in [5.74, 6) is 0. The fraction of sp³-hybridized carbons (Fsp3) is 0.917. The molecule has 0 aromatic rings. The van der Waals surface area contributed by atoms with Crippen LogP contribution in [0.25, 0.3) is 0 Å². The SMILES string of the molecule is NC1CCN([CH]CN2CCCNCC2)CC1. The first-order valence-corrected chi connectivity index (χ1v) is 6.60. The van der Waals surface area contributed by atoms with Gasteiger partial charge >= 0.3 is 0 Å². The zero-order valence-corrected chi connectivity index (χ0v) is 10.2. The Kier molecular flexibility index (Phi) is 5.03. The van der Waals surface area contributed by atoms with Gasteiger partial charge in [0.2, 0.25) is 0 Å². The molecule has 0 aliphatic carbocycles. The number of rotatable bonds is 3. The van der Waals surface area contributed by atoms with Crippen molar-refractivity contribution in [2.24, 2.45) is 5.73 Å². The average molecular weight is 225 g/mol. The fourth-order valence-electron chi connectivity index (χ4n) is 2.42. The van der Waals surface area contributed by atoms with E-state index >= 15 is 0 Å². The molecule has 0 bridgehead atoms. The van der Waals surface area contributed by atoms with Gasteiger partial charge in [-0.15, -0.1) is 0 Å². The van der Waals surface area contributed by atoms with Crippen molar-refractivity contribution >= 4 is 0 Å². The summed E-state index contributed by atoms with van der Waals surface area (Å²) in [5.41, 5.74) is 5.90. The number of likely N-dealkylation sites (tertiary alicyclic amines) is 1. The van der Waals surface area contributed by atoms with Crippen molar-refractivity contribution < 1.29 is 0 Å². The smallest absolute Gasteiger partial charge is 0.0391 e. The summed E-state index contributed by atoms with van der Waals surface area (Å²) >= 11 is 0. The normalized spacial score (nSPS) is 26.8. The summed E-state index contributed by atoms with van der Waals surface area (Å²) in [4.78, 5) is 4.98. The minimum atomic E-state index is 0.437. The van der Waals surface area contributed by atoms with Crippen LogP contribution in [0.5, 0.6) is 0 Å². The molecule has 2 saturated heterocycles. The van der Waals surface area contributed by atoms with E-state index in [9.17, 15) is 0 Å². The summed E-state index contributed by atoms with van der Waals surface area (Å²) in [7, 11) is 0. The number of hydrogen-bond donors (Lipinski definition) is 2. The van der Waals surface area contributed by atoms with Crippen LogP contribution < -0.4 is 11.1 Å². The molecule has 1 radical (unpaired) electrons. The van der Waals surface area contributed by atoms with Gasteiger partial charge in [0.05, 0.1) is 0 Å². The molecule has 0 aromatic carbocycles. The Bertz CT molecular complexity index is 181. The molecule has 0 spiro atoms. The van der Waals surface area contributed by atoms with Crippen LogP contribution >= 0.6 is 0 Å². The predicted octanol–water partition coefficient (Wildman–Crippen LogP) is -0.133. The lowest BCUT2D eigenvalue weighted by molar-refractivity contribution is 0.217. The molecular weight excluding hydrogens is 200 g/mol. The van der Waals surface area contributed by atoms with Gasteiger partial charge < -0.3 is 16.0 Å². The maximum absolute atomic E-state index is 5.90. The highest BCUT2D eigenvalue weighted by Gasteiger charge is 2.17. The Morgan fingerprint density at radius 2 is 1.94 bits per heavy atom. The van der Waals surface area contributed by atoms with Gasteiger partial charge in [-0.1, -0.05) is 0 Å². The first kappa shape index (κ1) is 12.3. The van der Waals surface area contributed by atoms with Crippen LogP contribution in [-0.4, -0.2) is 61.7 Å². The first-order valence-electron chi connectivity index (χ1n) is 6.60. The van der Waals surface area contributed by atoms with Gasteiger partial charge in [-0.2, -0.15) is 0 Å². The number of hydrogen-bond acceptors (Lipinski definition) is 4. The largest absolute Gasteiger partial charge is 0.328 e. The molecule has 2 aliphatic rings. The molecule has 4 heteroatoms. The van der Waals surface area contributed by atoms with Crippen molar-refractivity contribution in [3.8, 4) is 0 Å². The topological polar surface area (TPSA) is 44.5 Å². The lowest BCUT2D eigenvalue weighted by Crippen LogP contribution is -2.41. The summed E-state index contributed by atoms with van der Waals surface area (Å²) in [6.07, 6.45) is 3.58. The highest BCUT2D eigenvalue weighted by molar-refractivity contribution is 4.81. The Balaban J connectivity index is 1.62. The van der Waals surface area contributed by atoms with Crippen molar-refractivity contribution in [3.05, 3.63) is 6.54 Å². The minimum Gasteiger partial charge on any atom is -0.328 e. The number of nitrogens with one attached hydrogen (secondary N) is 1. The summed E-state index contributed by atoms with van der Waals surface area (Å²) < 4.78 is 0. The van der Waals surface area contributed by atoms with Crippen LogP contribution in [0.2, 0.25) is 0 Å². The molecule has 0 amide bonds. The average Bonchev–Trinajstić information content (AvgIpc) is 2.57.